The lowest BCUT2D eigenvalue weighted by Gasteiger charge is -2.09. The van der Waals surface area contributed by atoms with Gasteiger partial charge in [-0.05, 0) is 19.1 Å². The van der Waals surface area contributed by atoms with E-state index in [2.05, 4.69) is 15.3 Å². The molecule has 0 bridgehead atoms. The van der Waals surface area contributed by atoms with Crippen LogP contribution >= 0.6 is 11.3 Å². The van der Waals surface area contributed by atoms with Crippen LogP contribution in [0.25, 0.3) is 16.4 Å². The van der Waals surface area contributed by atoms with Gasteiger partial charge in [-0.1, -0.05) is 36.4 Å². The van der Waals surface area contributed by atoms with Crippen LogP contribution in [0.2, 0.25) is 0 Å². The quantitative estimate of drug-likeness (QED) is 0.537. The predicted octanol–water partition coefficient (Wildman–Crippen LogP) is 4.83. The summed E-state index contributed by atoms with van der Waals surface area (Å²) < 4.78 is 29.4. The van der Waals surface area contributed by atoms with Gasteiger partial charge in [0.05, 0.1) is 11.9 Å². The molecule has 140 valence electrons. The van der Waals surface area contributed by atoms with E-state index in [0.717, 1.165) is 23.4 Å². The molecule has 5 nitrogen and oxygen atoms in total. The Hall–Kier alpha value is -3.39. The van der Waals surface area contributed by atoms with Crippen molar-refractivity contribution in [2.75, 3.05) is 5.32 Å². The van der Waals surface area contributed by atoms with Crippen molar-refractivity contribution in [1.29, 1.82) is 0 Å². The lowest BCUT2D eigenvalue weighted by molar-refractivity contribution is 0.101. The van der Waals surface area contributed by atoms with Crippen molar-refractivity contribution in [3.05, 3.63) is 83.1 Å². The summed E-state index contributed by atoms with van der Waals surface area (Å²) in [5.74, 6) is -1.89. The van der Waals surface area contributed by atoms with Crippen molar-refractivity contribution in [2.24, 2.45) is 0 Å². The predicted molar refractivity (Wildman–Crippen MR) is 104 cm³/mol. The number of carbonyl (C=O) groups is 1. The molecule has 0 aliphatic carbocycles. The third kappa shape index (κ3) is 3.29. The first-order valence-corrected chi connectivity index (χ1v) is 9.23. The largest absolute Gasteiger partial charge is 0.306 e. The summed E-state index contributed by atoms with van der Waals surface area (Å²) in [6.07, 6.45) is 1.43. The fraction of sp³-hybridized carbons (Fsp3) is 0.0500. The van der Waals surface area contributed by atoms with Gasteiger partial charge in [0.1, 0.15) is 28.8 Å². The van der Waals surface area contributed by atoms with Gasteiger partial charge in [0, 0.05) is 10.9 Å². The van der Waals surface area contributed by atoms with Gasteiger partial charge in [-0.2, -0.15) is 0 Å². The molecule has 28 heavy (non-hydrogen) atoms. The van der Waals surface area contributed by atoms with Crippen LogP contribution in [-0.4, -0.2) is 20.4 Å². The van der Waals surface area contributed by atoms with Crippen LogP contribution < -0.4 is 5.32 Å². The van der Waals surface area contributed by atoms with Crippen LogP contribution in [0, 0.1) is 18.6 Å². The fourth-order valence-corrected chi connectivity index (χ4v) is 3.67. The molecule has 0 unspecified atom stereocenters. The number of carbonyl (C=O) groups excluding carboxylic acids is 1. The maximum Gasteiger partial charge on any atom is 0.262 e. The van der Waals surface area contributed by atoms with Crippen LogP contribution in [0.3, 0.4) is 0 Å². The molecule has 4 aromatic rings. The van der Waals surface area contributed by atoms with E-state index < -0.39 is 23.1 Å². The van der Waals surface area contributed by atoms with Crippen LogP contribution in [0.4, 0.5) is 14.6 Å². The number of rotatable bonds is 4. The van der Waals surface area contributed by atoms with Gasteiger partial charge in [-0.15, -0.1) is 11.3 Å². The van der Waals surface area contributed by atoms with Gasteiger partial charge >= 0.3 is 0 Å². The molecule has 2 aromatic carbocycles. The average Bonchev–Trinajstić information content (AvgIpc) is 3.29. The highest BCUT2D eigenvalue weighted by molar-refractivity contribution is 7.12. The second-order valence-corrected chi connectivity index (χ2v) is 6.79. The minimum Gasteiger partial charge on any atom is -0.306 e. The first-order valence-electron chi connectivity index (χ1n) is 8.35. The molecular formula is C20H14F2N4OS. The van der Waals surface area contributed by atoms with Gasteiger partial charge in [-0.25, -0.2) is 18.7 Å². The summed E-state index contributed by atoms with van der Waals surface area (Å²) in [6, 6.07) is 12.9. The number of imidazole rings is 1. The standard InChI is InChI=1S/C20H14F2N4OS/c1-12-23-10-17(25-19(27)18-14(21)8-5-9-15(18)22)26(12)20-24-16(11-28-20)13-6-3-2-4-7-13/h2-11H,1H3,(H,25,27). The molecule has 1 amide bonds. The molecular weight excluding hydrogens is 382 g/mol. The lowest BCUT2D eigenvalue weighted by atomic mass is 10.2. The highest BCUT2D eigenvalue weighted by Gasteiger charge is 2.20. The second kappa shape index (κ2) is 7.32. The Labute approximate surface area is 163 Å². The van der Waals surface area contributed by atoms with Crippen LogP contribution in [0.15, 0.2) is 60.1 Å². The minimum absolute atomic E-state index is 0.277. The maximum absolute atomic E-state index is 13.9. The van der Waals surface area contributed by atoms with E-state index in [0.29, 0.717) is 11.0 Å². The molecule has 0 aliphatic rings. The molecule has 0 saturated carbocycles. The van der Waals surface area contributed by atoms with E-state index in [1.165, 1.54) is 23.6 Å². The number of thiazole rings is 1. The SMILES string of the molecule is Cc1ncc(NC(=O)c2c(F)cccc2F)n1-c1nc(-c2ccccc2)cs1. The maximum atomic E-state index is 13.9. The number of benzene rings is 2. The Kier molecular flexibility index (Phi) is 4.70. The van der Waals surface area contributed by atoms with Gasteiger partial charge in [0.25, 0.3) is 5.91 Å². The minimum atomic E-state index is -0.930. The summed E-state index contributed by atoms with van der Waals surface area (Å²) >= 11 is 1.37. The molecule has 1 N–H and O–H groups in total. The van der Waals surface area contributed by atoms with Gasteiger partial charge < -0.3 is 5.32 Å². The number of hydrogen-bond donors (Lipinski definition) is 1. The van der Waals surface area contributed by atoms with Gasteiger partial charge in [-0.3, -0.25) is 9.36 Å². The summed E-state index contributed by atoms with van der Waals surface area (Å²) in [5, 5.41) is 5.00. The summed E-state index contributed by atoms with van der Waals surface area (Å²) in [5.41, 5.74) is 1.10. The number of halogens is 2. The molecule has 0 saturated heterocycles. The summed E-state index contributed by atoms with van der Waals surface area (Å²) in [7, 11) is 0. The number of nitrogens with one attached hydrogen (secondary N) is 1. The first kappa shape index (κ1) is 18.0. The summed E-state index contributed by atoms with van der Waals surface area (Å²) in [6.45, 7) is 1.75. The highest BCUT2D eigenvalue weighted by Crippen LogP contribution is 2.27. The second-order valence-electron chi connectivity index (χ2n) is 5.96. The zero-order valence-electron chi connectivity index (χ0n) is 14.7. The van der Waals surface area contributed by atoms with Crippen LogP contribution in [0.1, 0.15) is 16.2 Å². The molecule has 2 aromatic heterocycles. The number of amides is 1. The van der Waals surface area contributed by atoms with Crippen molar-refractivity contribution >= 4 is 23.1 Å². The number of hydrogen-bond acceptors (Lipinski definition) is 4. The lowest BCUT2D eigenvalue weighted by Crippen LogP contribution is -2.18. The van der Waals surface area contributed by atoms with Crippen molar-refractivity contribution < 1.29 is 13.6 Å². The molecule has 0 fully saturated rings. The first-order chi connectivity index (χ1) is 13.5. The van der Waals surface area contributed by atoms with E-state index in [1.807, 2.05) is 35.7 Å². The van der Waals surface area contributed by atoms with Crippen molar-refractivity contribution in [1.82, 2.24) is 14.5 Å². The Balaban J connectivity index is 1.67. The Morgan fingerprint density at radius 2 is 1.79 bits per heavy atom. The highest BCUT2D eigenvalue weighted by atomic mass is 32.1. The molecule has 0 spiro atoms. The summed E-state index contributed by atoms with van der Waals surface area (Å²) in [4.78, 5) is 21.2. The monoisotopic (exact) mass is 396 g/mol. The normalized spacial score (nSPS) is 10.8. The van der Waals surface area contributed by atoms with Crippen LogP contribution in [-0.2, 0) is 0 Å². The van der Waals surface area contributed by atoms with E-state index in [-0.39, 0.29) is 5.82 Å². The van der Waals surface area contributed by atoms with E-state index in [9.17, 15) is 13.6 Å². The zero-order valence-corrected chi connectivity index (χ0v) is 15.5. The van der Waals surface area contributed by atoms with Gasteiger partial charge in [0.2, 0.25) is 0 Å². The Morgan fingerprint density at radius 1 is 1.07 bits per heavy atom. The van der Waals surface area contributed by atoms with Crippen LogP contribution in [0.5, 0.6) is 0 Å². The smallest absolute Gasteiger partial charge is 0.262 e. The number of aryl methyl sites for hydroxylation is 1. The average molecular weight is 396 g/mol. The zero-order chi connectivity index (χ0) is 19.7. The Bertz CT molecular complexity index is 1130. The molecule has 4 rings (SSSR count). The topological polar surface area (TPSA) is 59.8 Å². The number of nitrogens with zero attached hydrogens (tertiary/aromatic N) is 3. The third-order valence-corrected chi connectivity index (χ3v) is 4.95. The number of anilines is 1. The fourth-order valence-electron chi connectivity index (χ4n) is 2.78. The van der Waals surface area contributed by atoms with Gasteiger partial charge in [0.15, 0.2) is 5.13 Å². The molecule has 0 radical (unpaired) electrons. The third-order valence-electron chi connectivity index (χ3n) is 4.12. The van der Waals surface area contributed by atoms with E-state index in [1.54, 1.807) is 11.5 Å². The Morgan fingerprint density at radius 3 is 2.50 bits per heavy atom. The molecule has 0 atom stereocenters. The van der Waals surface area contributed by atoms with E-state index >= 15 is 0 Å². The van der Waals surface area contributed by atoms with Crippen molar-refractivity contribution in [3.8, 4) is 16.4 Å². The number of aromatic nitrogens is 3. The molecule has 2 heterocycles. The van der Waals surface area contributed by atoms with E-state index in [4.69, 9.17) is 0 Å². The molecule has 0 aliphatic heterocycles. The van der Waals surface area contributed by atoms with Crippen molar-refractivity contribution in [2.45, 2.75) is 6.92 Å². The van der Waals surface area contributed by atoms with Crippen molar-refractivity contribution in [3.63, 3.8) is 0 Å². The molecule has 8 heteroatoms.